The van der Waals surface area contributed by atoms with Crippen LogP contribution < -0.4 is 4.74 Å². The monoisotopic (exact) mass is 354 g/mol. The highest BCUT2D eigenvalue weighted by Crippen LogP contribution is 2.33. The Kier molecular flexibility index (Phi) is 5.66. The van der Waals surface area contributed by atoms with E-state index in [-0.39, 0.29) is 11.5 Å². The number of amidine groups is 1. The van der Waals surface area contributed by atoms with Gasteiger partial charge in [-0.05, 0) is 37.0 Å². The lowest BCUT2D eigenvalue weighted by atomic mass is 9.89. The maximum Gasteiger partial charge on any atom is 0.134 e. The van der Waals surface area contributed by atoms with Gasteiger partial charge in [0.25, 0.3) is 0 Å². The zero-order valence-electron chi connectivity index (χ0n) is 15.4. The van der Waals surface area contributed by atoms with E-state index in [1.54, 1.807) is 0 Å². The van der Waals surface area contributed by atoms with E-state index in [2.05, 4.69) is 28.9 Å². The summed E-state index contributed by atoms with van der Waals surface area (Å²) in [5.74, 6) is 2.49. The second-order valence-corrected chi connectivity index (χ2v) is 6.62. The molecule has 0 aliphatic carbocycles. The maximum atomic E-state index is 9.55. The summed E-state index contributed by atoms with van der Waals surface area (Å²) >= 11 is 0. The molecule has 26 heavy (non-hydrogen) atoms. The second-order valence-electron chi connectivity index (χ2n) is 6.62. The minimum absolute atomic E-state index is 0.0290. The summed E-state index contributed by atoms with van der Waals surface area (Å²) < 4.78 is 5.73. The molecule has 0 amide bonds. The number of benzene rings is 2. The Morgan fingerprint density at radius 3 is 2.38 bits per heavy atom. The summed E-state index contributed by atoms with van der Waals surface area (Å²) in [6.07, 6.45) is 3.40. The quantitative estimate of drug-likeness (QED) is 0.829. The van der Waals surface area contributed by atoms with Crippen LogP contribution in [0.4, 0.5) is 0 Å². The molecule has 1 heterocycles. The number of aromatic hydroxyl groups is 2. The number of ether oxygens (including phenoxy) is 1. The van der Waals surface area contributed by atoms with Crippen molar-refractivity contribution in [3.05, 3.63) is 48.0 Å². The van der Waals surface area contributed by atoms with Crippen LogP contribution in [0.15, 0.2) is 47.5 Å². The van der Waals surface area contributed by atoms with Gasteiger partial charge >= 0.3 is 0 Å². The number of hydrogen-bond donors (Lipinski definition) is 2. The highest BCUT2D eigenvalue weighted by atomic mass is 16.5. The van der Waals surface area contributed by atoms with Crippen molar-refractivity contribution in [1.82, 2.24) is 4.90 Å². The molecule has 1 atom stereocenters. The maximum absolute atomic E-state index is 9.55. The average Bonchev–Trinajstić information content (AvgIpc) is 2.61. The van der Waals surface area contributed by atoms with Crippen molar-refractivity contribution < 1.29 is 14.9 Å². The number of piperidine rings is 1. The fourth-order valence-corrected chi connectivity index (χ4v) is 3.59. The summed E-state index contributed by atoms with van der Waals surface area (Å²) in [5, 5.41) is 19.1. The molecule has 2 N–H and O–H groups in total. The van der Waals surface area contributed by atoms with E-state index in [1.165, 1.54) is 36.0 Å². The van der Waals surface area contributed by atoms with Crippen molar-refractivity contribution >= 4 is 5.84 Å². The first-order chi connectivity index (χ1) is 12.6. The van der Waals surface area contributed by atoms with Crippen molar-refractivity contribution in [2.24, 2.45) is 4.99 Å². The van der Waals surface area contributed by atoms with Gasteiger partial charge in [0.15, 0.2) is 0 Å². The summed E-state index contributed by atoms with van der Waals surface area (Å²) in [7, 11) is 1.88. The fourth-order valence-electron chi connectivity index (χ4n) is 3.59. The van der Waals surface area contributed by atoms with E-state index >= 15 is 0 Å². The second kappa shape index (κ2) is 8.13. The number of hydrogen-bond acceptors (Lipinski definition) is 4. The van der Waals surface area contributed by atoms with Crippen LogP contribution in [0.5, 0.6) is 23.0 Å². The Morgan fingerprint density at radius 1 is 1.08 bits per heavy atom. The van der Waals surface area contributed by atoms with Gasteiger partial charge in [-0.2, -0.15) is 0 Å². The molecular formula is C21H26N2O3. The predicted octanol–water partition coefficient (Wildman–Crippen LogP) is 4.51. The third-order valence-corrected chi connectivity index (χ3v) is 4.67. The molecule has 1 aliphatic rings. The molecular weight excluding hydrogens is 328 g/mol. The Bertz CT molecular complexity index is 749. The topological polar surface area (TPSA) is 65.3 Å². The van der Waals surface area contributed by atoms with Crippen LogP contribution in [-0.4, -0.2) is 41.1 Å². The van der Waals surface area contributed by atoms with Crippen LogP contribution in [0.25, 0.3) is 0 Å². The lowest BCUT2D eigenvalue weighted by Crippen LogP contribution is -2.40. The number of phenols is 2. The van der Waals surface area contributed by atoms with E-state index in [9.17, 15) is 10.2 Å². The summed E-state index contributed by atoms with van der Waals surface area (Å²) in [6, 6.07) is 12.2. The average molecular weight is 354 g/mol. The van der Waals surface area contributed by atoms with Crippen molar-refractivity contribution in [2.75, 3.05) is 20.1 Å². The zero-order valence-corrected chi connectivity index (χ0v) is 15.4. The summed E-state index contributed by atoms with van der Waals surface area (Å²) in [4.78, 5) is 6.97. The Hall–Kier alpha value is -2.69. The fraction of sp³-hybridized carbons (Fsp3) is 0.381. The molecule has 0 aromatic heterocycles. The number of aliphatic imine (C=N–C) groups is 1. The molecule has 5 heteroatoms. The Balaban J connectivity index is 1.76. The first kappa shape index (κ1) is 18.1. The van der Waals surface area contributed by atoms with Crippen molar-refractivity contribution in [3.8, 4) is 23.0 Å². The molecule has 3 rings (SSSR count). The molecule has 5 nitrogen and oxygen atoms in total. The third kappa shape index (κ3) is 4.10. The van der Waals surface area contributed by atoms with Crippen LogP contribution in [0.1, 0.15) is 37.7 Å². The van der Waals surface area contributed by atoms with Gasteiger partial charge in [0.2, 0.25) is 0 Å². The van der Waals surface area contributed by atoms with Gasteiger partial charge in [-0.25, -0.2) is 0 Å². The standard InChI is InChI=1S/C21H26N2O3/c1-3-10-23-11-4-5-20(21(23)22-2)15-6-8-18(9-7-15)26-19-13-16(24)12-17(25)14-19/h6-9,12-14,20,24-25H,3-5,10-11H2,1-2H3/b22-21-. The normalized spacial score (nSPS) is 18.9. The largest absolute Gasteiger partial charge is 0.508 e. The van der Waals surface area contributed by atoms with E-state index in [1.807, 2.05) is 19.2 Å². The Labute approximate surface area is 154 Å². The summed E-state index contributed by atoms with van der Waals surface area (Å²) in [5.41, 5.74) is 1.23. The molecule has 138 valence electrons. The van der Waals surface area contributed by atoms with Crippen LogP contribution >= 0.6 is 0 Å². The van der Waals surface area contributed by atoms with E-state index in [0.29, 0.717) is 17.4 Å². The highest BCUT2D eigenvalue weighted by Gasteiger charge is 2.26. The van der Waals surface area contributed by atoms with Crippen LogP contribution in [0.2, 0.25) is 0 Å². The van der Waals surface area contributed by atoms with Crippen LogP contribution in [0.3, 0.4) is 0 Å². The number of nitrogens with zero attached hydrogens (tertiary/aromatic N) is 2. The number of phenolic OH excluding ortho intramolecular Hbond substituents is 2. The van der Waals surface area contributed by atoms with Gasteiger partial charge < -0.3 is 19.8 Å². The smallest absolute Gasteiger partial charge is 0.134 e. The van der Waals surface area contributed by atoms with Gasteiger partial charge in [0.05, 0.1) is 0 Å². The molecule has 2 aromatic rings. The van der Waals surface area contributed by atoms with E-state index in [0.717, 1.165) is 25.9 Å². The molecule has 1 aliphatic heterocycles. The van der Waals surface area contributed by atoms with Crippen LogP contribution in [-0.2, 0) is 0 Å². The lowest BCUT2D eigenvalue weighted by Gasteiger charge is -2.36. The predicted molar refractivity (Wildman–Crippen MR) is 103 cm³/mol. The minimum atomic E-state index is -0.0290. The van der Waals surface area contributed by atoms with Gasteiger partial charge in [-0.15, -0.1) is 0 Å². The van der Waals surface area contributed by atoms with Gasteiger partial charge in [0, 0.05) is 44.3 Å². The first-order valence-electron chi connectivity index (χ1n) is 9.13. The third-order valence-electron chi connectivity index (χ3n) is 4.67. The van der Waals surface area contributed by atoms with Crippen molar-refractivity contribution in [3.63, 3.8) is 0 Å². The molecule has 2 aromatic carbocycles. The molecule has 0 radical (unpaired) electrons. The zero-order chi connectivity index (χ0) is 18.5. The summed E-state index contributed by atoms with van der Waals surface area (Å²) in [6.45, 7) is 4.33. The molecule has 1 fully saturated rings. The van der Waals surface area contributed by atoms with Gasteiger partial charge in [0.1, 0.15) is 28.8 Å². The molecule has 0 bridgehead atoms. The lowest BCUT2D eigenvalue weighted by molar-refractivity contribution is 0.354. The first-order valence-corrected chi connectivity index (χ1v) is 9.13. The van der Waals surface area contributed by atoms with Crippen LogP contribution in [0, 0.1) is 0 Å². The number of rotatable bonds is 5. The molecule has 1 unspecified atom stereocenters. The van der Waals surface area contributed by atoms with Crippen molar-refractivity contribution in [1.29, 1.82) is 0 Å². The molecule has 1 saturated heterocycles. The number of likely N-dealkylation sites (tertiary alicyclic amines) is 1. The minimum Gasteiger partial charge on any atom is -0.508 e. The van der Waals surface area contributed by atoms with Crippen molar-refractivity contribution in [2.45, 2.75) is 32.1 Å². The molecule has 0 saturated carbocycles. The highest BCUT2D eigenvalue weighted by molar-refractivity contribution is 5.89. The SMILES string of the molecule is CCCN1CCCC(c2ccc(Oc3cc(O)cc(O)c3)cc2)/C1=N/C. The van der Waals surface area contributed by atoms with E-state index < -0.39 is 0 Å². The van der Waals surface area contributed by atoms with Gasteiger partial charge in [-0.3, -0.25) is 4.99 Å². The van der Waals surface area contributed by atoms with Gasteiger partial charge in [-0.1, -0.05) is 19.1 Å². The van der Waals surface area contributed by atoms with E-state index in [4.69, 9.17) is 4.74 Å². The molecule has 0 spiro atoms. The Morgan fingerprint density at radius 2 is 1.77 bits per heavy atom.